The highest BCUT2D eigenvalue weighted by Crippen LogP contribution is 2.27. The van der Waals surface area contributed by atoms with Gasteiger partial charge in [-0.25, -0.2) is 4.39 Å². The Kier molecular flexibility index (Phi) is 6.33. The molecule has 5 heteroatoms. The summed E-state index contributed by atoms with van der Waals surface area (Å²) in [5.41, 5.74) is 3.73. The maximum absolute atomic E-state index is 13.5. The third-order valence-electron chi connectivity index (χ3n) is 4.79. The molecule has 1 aliphatic rings. The summed E-state index contributed by atoms with van der Waals surface area (Å²) in [4.78, 5) is 15.4. The van der Waals surface area contributed by atoms with Crippen LogP contribution in [0.5, 0.6) is 0 Å². The normalized spacial score (nSPS) is 14.3. The van der Waals surface area contributed by atoms with E-state index in [4.69, 9.17) is 0 Å². The van der Waals surface area contributed by atoms with Gasteiger partial charge in [0.25, 0.3) is 0 Å². The topological polar surface area (TPSA) is 32.3 Å². The summed E-state index contributed by atoms with van der Waals surface area (Å²) >= 11 is 1.57. The fourth-order valence-electron chi connectivity index (χ4n) is 3.36. The number of thioether (sulfide) groups is 1. The molecular weight excluding hydrogens is 347 g/mol. The molecule has 1 N–H and O–H groups in total. The molecule has 0 heterocycles. The Morgan fingerprint density at radius 2 is 2.00 bits per heavy atom. The zero-order valence-electron chi connectivity index (χ0n) is 15.3. The molecule has 0 bridgehead atoms. The number of hydrogen-bond acceptors (Lipinski definition) is 3. The Morgan fingerprint density at radius 3 is 2.77 bits per heavy atom. The summed E-state index contributed by atoms with van der Waals surface area (Å²) in [7, 11) is 3.86. The van der Waals surface area contributed by atoms with Crippen LogP contribution >= 0.6 is 11.8 Å². The van der Waals surface area contributed by atoms with Crippen molar-refractivity contribution in [3.63, 3.8) is 0 Å². The first-order valence-electron chi connectivity index (χ1n) is 8.96. The first-order valence-corrected chi connectivity index (χ1v) is 9.94. The number of halogens is 1. The van der Waals surface area contributed by atoms with Gasteiger partial charge in [0.1, 0.15) is 5.82 Å². The number of amides is 1. The first kappa shape index (κ1) is 18.9. The molecule has 2 aromatic carbocycles. The average molecular weight is 373 g/mol. The molecule has 1 amide bonds. The highest BCUT2D eigenvalue weighted by Gasteiger charge is 2.16. The lowest BCUT2D eigenvalue weighted by Gasteiger charge is -2.25. The van der Waals surface area contributed by atoms with Crippen LogP contribution in [0.15, 0.2) is 47.4 Å². The minimum absolute atomic E-state index is 0.00116. The van der Waals surface area contributed by atoms with Gasteiger partial charge >= 0.3 is 0 Å². The van der Waals surface area contributed by atoms with Crippen LogP contribution in [0.3, 0.4) is 0 Å². The summed E-state index contributed by atoms with van der Waals surface area (Å²) < 4.78 is 13.5. The van der Waals surface area contributed by atoms with Crippen LogP contribution in [0.4, 0.5) is 4.39 Å². The Bertz CT molecular complexity index is 778. The van der Waals surface area contributed by atoms with Crippen molar-refractivity contribution >= 4 is 17.7 Å². The van der Waals surface area contributed by atoms with Gasteiger partial charge in [-0.1, -0.05) is 18.2 Å². The Balaban J connectivity index is 1.52. The summed E-state index contributed by atoms with van der Waals surface area (Å²) in [5, 5.41) is 2.98. The van der Waals surface area contributed by atoms with Gasteiger partial charge in [0.05, 0.1) is 11.8 Å². The number of nitrogens with zero attached hydrogens (tertiary/aromatic N) is 1. The monoisotopic (exact) mass is 372 g/mol. The number of aryl methyl sites for hydroxylation is 2. The van der Waals surface area contributed by atoms with E-state index in [2.05, 4.69) is 23.5 Å². The van der Waals surface area contributed by atoms with Gasteiger partial charge in [-0.05, 0) is 74.3 Å². The van der Waals surface area contributed by atoms with Gasteiger partial charge < -0.3 is 10.2 Å². The van der Waals surface area contributed by atoms with Crippen LogP contribution in [-0.4, -0.2) is 37.2 Å². The SMILES string of the molecule is CN(C)C(CNC(=O)CSc1ccc2c(c1)CCC2)c1cccc(F)c1. The highest BCUT2D eigenvalue weighted by molar-refractivity contribution is 8.00. The molecule has 3 rings (SSSR count). The molecule has 3 nitrogen and oxygen atoms in total. The van der Waals surface area contributed by atoms with E-state index in [1.54, 1.807) is 17.8 Å². The van der Waals surface area contributed by atoms with E-state index in [1.165, 1.54) is 36.1 Å². The number of hydrogen-bond donors (Lipinski definition) is 1. The van der Waals surface area contributed by atoms with E-state index < -0.39 is 0 Å². The van der Waals surface area contributed by atoms with Crippen molar-refractivity contribution in [3.05, 3.63) is 65.0 Å². The maximum Gasteiger partial charge on any atom is 0.230 e. The summed E-state index contributed by atoms with van der Waals surface area (Å²) in [6, 6.07) is 13.0. The van der Waals surface area contributed by atoms with Crippen molar-refractivity contribution in [2.75, 3.05) is 26.4 Å². The van der Waals surface area contributed by atoms with Crippen LogP contribution in [0, 0.1) is 5.82 Å². The van der Waals surface area contributed by atoms with Crippen molar-refractivity contribution in [2.45, 2.75) is 30.2 Å². The fraction of sp³-hybridized carbons (Fsp3) is 0.381. The van der Waals surface area contributed by atoms with E-state index in [9.17, 15) is 9.18 Å². The third kappa shape index (κ3) is 4.86. The molecule has 0 aliphatic heterocycles. The molecule has 138 valence electrons. The van der Waals surface area contributed by atoms with Crippen molar-refractivity contribution in [3.8, 4) is 0 Å². The minimum Gasteiger partial charge on any atom is -0.353 e. The number of nitrogens with one attached hydrogen (secondary N) is 1. The van der Waals surface area contributed by atoms with Gasteiger partial charge in [0, 0.05) is 11.4 Å². The van der Waals surface area contributed by atoms with E-state index >= 15 is 0 Å². The Labute approximate surface area is 159 Å². The average Bonchev–Trinajstić information content (AvgIpc) is 3.07. The van der Waals surface area contributed by atoms with Crippen LogP contribution in [0.1, 0.15) is 29.2 Å². The second-order valence-corrected chi connectivity index (χ2v) is 7.96. The number of carbonyl (C=O) groups is 1. The fourth-order valence-corrected chi connectivity index (χ4v) is 4.15. The number of fused-ring (bicyclic) bond motifs is 1. The predicted octanol–water partition coefficient (Wildman–Crippen LogP) is 3.83. The van der Waals surface area contributed by atoms with Gasteiger partial charge in [-0.2, -0.15) is 0 Å². The molecule has 0 saturated heterocycles. The van der Waals surface area contributed by atoms with Crippen LogP contribution in [0.2, 0.25) is 0 Å². The minimum atomic E-state index is -0.257. The lowest BCUT2D eigenvalue weighted by molar-refractivity contribution is -0.118. The lowest BCUT2D eigenvalue weighted by atomic mass is 10.1. The predicted molar refractivity (Wildman–Crippen MR) is 105 cm³/mol. The molecule has 0 radical (unpaired) electrons. The molecule has 2 aromatic rings. The zero-order valence-corrected chi connectivity index (χ0v) is 16.1. The summed E-state index contributed by atoms with van der Waals surface area (Å²) in [6.45, 7) is 0.458. The van der Waals surface area contributed by atoms with E-state index in [0.29, 0.717) is 12.3 Å². The molecule has 1 atom stereocenters. The summed E-state index contributed by atoms with van der Waals surface area (Å²) in [6.07, 6.45) is 3.55. The Hall–Kier alpha value is -1.85. The third-order valence-corrected chi connectivity index (χ3v) is 5.78. The van der Waals surface area contributed by atoms with Crippen molar-refractivity contribution in [1.82, 2.24) is 10.2 Å². The number of carbonyl (C=O) groups excluding carboxylic acids is 1. The maximum atomic E-state index is 13.5. The standard InChI is InChI=1S/C21H25FN2OS/c1-24(2)20(17-7-4-8-18(22)11-17)13-23-21(25)14-26-19-10-9-15-5-3-6-16(15)12-19/h4,7-12,20H,3,5-6,13-14H2,1-2H3,(H,23,25). The molecule has 0 saturated carbocycles. The van der Waals surface area contributed by atoms with E-state index in [1.807, 2.05) is 25.1 Å². The van der Waals surface area contributed by atoms with E-state index in [0.717, 1.165) is 16.9 Å². The molecule has 26 heavy (non-hydrogen) atoms. The quantitative estimate of drug-likeness (QED) is 0.750. The molecule has 0 fully saturated rings. The van der Waals surface area contributed by atoms with Crippen molar-refractivity contribution in [1.29, 1.82) is 0 Å². The van der Waals surface area contributed by atoms with Crippen LogP contribution < -0.4 is 5.32 Å². The summed E-state index contributed by atoms with van der Waals surface area (Å²) in [5.74, 6) is 0.133. The van der Waals surface area contributed by atoms with Crippen molar-refractivity contribution < 1.29 is 9.18 Å². The smallest absolute Gasteiger partial charge is 0.230 e. The Morgan fingerprint density at radius 1 is 1.19 bits per heavy atom. The molecule has 1 unspecified atom stereocenters. The van der Waals surface area contributed by atoms with E-state index in [-0.39, 0.29) is 17.8 Å². The second kappa shape index (κ2) is 8.69. The molecule has 1 aliphatic carbocycles. The lowest BCUT2D eigenvalue weighted by Crippen LogP contribution is -2.35. The van der Waals surface area contributed by atoms with Gasteiger partial charge in [-0.15, -0.1) is 11.8 Å². The number of benzene rings is 2. The van der Waals surface area contributed by atoms with Crippen LogP contribution in [-0.2, 0) is 17.6 Å². The van der Waals surface area contributed by atoms with Gasteiger partial charge in [0.2, 0.25) is 5.91 Å². The van der Waals surface area contributed by atoms with Crippen LogP contribution in [0.25, 0.3) is 0 Å². The largest absolute Gasteiger partial charge is 0.353 e. The van der Waals surface area contributed by atoms with Gasteiger partial charge in [0.15, 0.2) is 0 Å². The zero-order chi connectivity index (χ0) is 18.5. The number of likely N-dealkylation sites (N-methyl/N-ethyl adjacent to an activating group) is 1. The first-order chi connectivity index (χ1) is 12.5. The highest BCUT2D eigenvalue weighted by atomic mass is 32.2. The van der Waals surface area contributed by atoms with Gasteiger partial charge in [-0.3, -0.25) is 4.79 Å². The molecule has 0 spiro atoms. The number of rotatable bonds is 7. The second-order valence-electron chi connectivity index (χ2n) is 6.91. The molecular formula is C21H25FN2OS. The van der Waals surface area contributed by atoms with Crippen molar-refractivity contribution in [2.24, 2.45) is 0 Å². The molecule has 0 aromatic heterocycles.